The summed E-state index contributed by atoms with van der Waals surface area (Å²) in [4.78, 5) is 23.6. The third-order valence-electron chi connectivity index (χ3n) is 6.15. The third-order valence-corrected chi connectivity index (χ3v) is 7.41. The van der Waals surface area contributed by atoms with Gasteiger partial charge in [-0.1, -0.05) is 94.9 Å². The van der Waals surface area contributed by atoms with Crippen molar-refractivity contribution in [2.45, 2.75) is 12.8 Å². The largest absolute Gasteiger partial charge is 0.464 e. The van der Waals surface area contributed by atoms with Gasteiger partial charge in [0.25, 0.3) is 0 Å². The van der Waals surface area contributed by atoms with Crippen molar-refractivity contribution < 1.29 is 19.1 Å². The van der Waals surface area contributed by atoms with Crippen LogP contribution in [0.4, 0.5) is 22.7 Å². The SMILES string of the molecule is CNCCOC(=O)Cc1ccccc1Nc1c(Cl)cccc1Cl.NCCOC(=O)Cc1ccccc1Nc1c(Cl)cccc1Cl. The summed E-state index contributed by atoms with van der Waals surface area (Å²) in [6.45, 7) is 1.49. The van der Waals surface area contributed by atoms with E-state index in [-0.39, 0.29) is 31.4 Å². The topological polar surface area (TPSA) is 115 Å². The summed E-state index contributed by atoms with van der Waals surface area (Å²) < 4.78 is 10.2. The molecular formula is C33H34Cl4N4O4. The van der Waals surface area contributed by atoms with Crippen molar-refractivity contribution in [2.75, 3.05) is 44.0 Å². The van der Waals surface area contributed by atoms with E-state index in [1.807, 2.05) is 48.5 Å². The summed E-state index contributed by atoms with van der Waals surface area (Å²) >= 11 is 24.7. The second kappa shape index (κ2) is 19.1. The Morgan fingerprint density at radius 2 is 1.02 bits per heavy atom. The van der Waals surface area contributed by atoms with Gasteiger partial charge < -0.3 is 31.2 Å². The first-order valence-electron chi connectivity index (χ1n) is 14.0. The molecule has 0 aliphatic heterocycles. The molecule has 0 unspecified atom stereocenters. The molecule has 0 saturated heterocycles. The minimum absolute atomic E-state index is 0.144. The van der Waals surface area contributed by atoms with Gasteiger partial charge >= 0.3 is 11.9 Å². The molecule has 0 spiro atoms. The predicted molar refractivity (Wildman–Crippen MR) is 185 cm³/mol. The number of nitrogens with two attached hydrogens (primary N) is 1. The summed E-state index contributed by atoms with van der Waals surface area (Å²) in [7, 11) is 1.81. The second-order valence-corrected chi connectivity index (χ2v) is 11.1. The summed E-state index contributed by atoms with van der Waals surface area (Å²) in [5.41, 5.74) is 9.67. The Balaban J connectivity index is 0.000000246. The van der Waals surface area contributed by atoms with Crippen molar-refractivity contribution >= 4 is 81.1 Å². The highest BCUT2D eigenvalue weighted by Crippen LogP contribution is 2.35. The average molecular weight is 692 g/mol. The molecule has 4 rings (SSSR count). The number of anilines is 4. The van der Waals surface area contributed by atoms with Crippen LogP contribution < -0.4 is 21.7 Å². The van der Waals surface area contributed by atoms with Crippen LogP contribution in [0, 0.1) is 0 Å². The van der Waals surface area contributed by atoms with Crippen molar-refractivity contribution in [1.82, 2.24) is 5.32 Å². The van der Waals surface area contributed by atoms with Gasteiger partial charge in [0.1, 0.15) is 13.2 Å². The molecule has 12 heteroatoms. The van der Waals surface area contributed by atoms with E-state index in [2.05, 4.69) is 16.0 Å². The summed E-state index contributed by atoms with van der Waals surface area (Å²) in [5, 5.41) is 11.3. The zero-order valence-electron chi connectivity index (χ0n) is 24.5. The van der Waals surface area contributed by atoms with Crippen LogP contribution in [0.2, 0.25) is 20.1 Å². The van der Waals surface area contributed by atoms with E-state index in [1.165, 1.54) is 0 Å². The molecule has 0 radical (unpaired) electrons. The first-order valence-corrected chi connectivity index (χ1v) is 15.5. The molecule has 0 aromatic heterocycles. The Labute approximate surface area is 283 Å². The van der Waals surface area contributed by atoms with Crippen LogP contribution >= 0.6 is 46.4 Å². The molecular weight excluding hydrogens is 658 g/mol. The number of ether oxygens (including phenoxy) is 2. The lowest BCUT2D eigenvalue weighted by atomic mass is 10.1. The number of para-hydroxylation sites is 4. The number of halogens is 4. The van der Waals surface area contributed by atoms with E-state index in [4.69, 9.17) is 61.6 Å². The van der Waals surface area contributed by atoms with Crippen LogP contribution in [-0.2, 0) is 31.9 Å². The summed E-state index contributed by atoms with van der Waals surface area (Å²) in [5.74, 6) is -0.607. The highest BCUT2D eigenvalue weighted by atomic mass is 35.5. The van der Waals surface area contributed by atoms with Gasteiger partial charge in [0, 0.05) is 24.5 Å². The van der Waals surface area contributed by atoms with Crippen LogP contribution in [0.5, 0.6) is 0 Å². The maximum Gasteiger partial charge on any atom is 0.310 e. The normalized spacial score (nSPS) is 10.4. The van der Waals surface area contributed by atoms with Crippen molar-refractivity contribution in [2.24, 2.45) is 5.73 Å². The fourth-order valence-electron chi connectivity index (χ4n) is 3.95. The second-order valence-electron chi connectivity index (χ2n) is 9.44. The molecule has 4 aromatic carbocycles. The van der Waals surface area contributed by atoms with Gasteiger partial charge in [0.15, 0.2) is 0 Å². The van der Waals surface area contributed by atoms with Crippen LogP contribution in [0.15, 0.2) is 84.9 Å². The number of esters is 2. The smallest absolute Gasteiger partial charge is 0.310 e. The molecule has 0 aliphatic carbocycles. The minimum Gasteiger partial charge on any atom is -0.464 e. The van der Waals surface area contributed by atoms with Gasteiger partial charge in [-0.2, -0.15) is 0 Å². The lowest BCUT2D eigenvalue weighted by Gasteiger charge is -2.14. The maximum absolute atomic E-state index is 11.9. The van der Waals surface area contributed by atoms with Gasteiger partial charge in [0.05, 0.1) is 44.3 Å². The van der Waals surface area contributed by atoms with Crippen LogP contribution in [0.1, 0.15) is 11.1 Å². The number of rotatable bonds is 13. The van der Waals surface area contributed by atoms with Gasteiger partial charge in [-0.3, -0.25) is 9.59 Å². The highest BCUT2D eigenvalue weighted by molar-refractivity contribution is 6.39. The minimum atomic E-state index is -0.329. The van der Waals surface area contributed by atoms with Crippen LogP contribution in [-0.4, -0.2) is 45.3 Å². The predicted octanol–water partition coefficient (Wildman–Crippen LogP) is 7.82. The van der Waals surface area contributed by atoms with Gasteiger partial charge in [0.2, 0.25) is 0 Å². The molecule has 45 heavy (non-hydrogen) atoms. The number of nitrogens with one attached hydrogen (secondary N) is 3. The Morgan fingerprint density at radius 3 is 1.42 bits per heavy atom. The van der Waals surface area contributed by atoms with Gasteiger partial charge in [-0.05, 0) is 54.6 Å². The van der Waals surface area contributed by atoms with Gasteiger partial charge in [-0.25, -0.2) is 0 Å². The molecule has 238 valence electrons. The molecule has 0 bridgehead atoms. The fraction of sp³-hybridized carbons (Fsp3) is 0.212. The third kappa shape index (κ3) is 11.7. The molecule has 4 aromatic rings. The average Bonchev–Trinajstić information content (AvgIpc) is 3.02. The van der Waals surface area contributed by atoms with Crippen molar-refractivity contribution in [3.05, 3.63) is 116 Å². The number of hydrogen-bond donors (Lipinski definition) is 4. The molecule has 8 nitrogen and oxygen atoms in total. The summed E-state index contributed by atoms with van der Waals surface area (Å²) in [6, 6.07) is 25.4. The zero-order chi connectivity index (χ0) is 32.6. The molecule has 5 N–H and O–H groups in total. The van der Waals surface area contributed by atoms with E-state index >= 15 is 0 Å². The number of carbonyl (C=O) groups excluding carboxylic acids is 2. The van der Waals surface area contributed by atoms with Crippen LogP contribution in [0.3, 0.4) is 0 Å². The lowest BCUT2D eigenvalue weighted by molar-refractivity contribution is -0.143. The van der Waals surface area contributed by atoms with E-state index in [0.29, 0.717) is 51.2 Å². The standard InChI is InChI=1S/C17H18Cl2N2O2.C16H16Cl2N2O2/c1-20-9-10-23-16(22)11-12-5-2-3-8-15(12)21-17-13(18)6-4-7-14(17)19;17-12-5-3-6-13(18)16(12)20-14-7-2-1-4-11(14)10-15(21)22-9-8-19/h2-8,20-21H,9-11H2,1H3;1-7,20H,8-10,19H2. The van der Waals surface area contributed by atoms with Crippen molar-refractivity contribution in [1.29, 1.82) is 0 Å². The molecule has 0 heterocycles. The number of benzene rings is 4. The highest BCUT2D eigenvalue weighted by Gasteiger charge is 2.13. The molecule has 0 saturated carbocycles. The molecule has 0 fully saturated rings. The monoisotopic (exact) mass is 690 g/mol. The first kappa shape index (κ1) is 36.0. The van der Waals surface area contributed by atoms with Crippen LogP contribution in [0.25, 0.3) is 0 Å². The Morgan fingerprint density at radius 1 is 0.622 bits per heavy atom. The Bertz CT molecular complexity index is 1530. The van der Waals surface area contributed by atoms with Gasteiger partial charge in [-0.15, -0.1) is 0 Å². The maximum atomic E-state index is 11.9. The zero-order valence-corrected chi connectivity index (χ0v) is 27.6. The van der Waals surface area contributed by atoms with E-state index in [1.54, 1.807) is 43.4 Å². The Kier molecular flexibility index (Phi) is 15.3. The molecule has 0 amide bonds. The van der Waals surface area contributed by atoms with Crippen molar-refractivity contribution in [3.63, 3.8) is 0 Å². The number of carbonyl (C=O) groups is 2. The number of likely N-dealkylation sites (N-methyl/N-ethyl adjacent to an activating group) is 1. The summed E-state index contributed by atoms with van der Waals surface area (Å²) in [6.07, 6.45) is 0.320. The fourth-order valence-corrected chi connectivity index (χ4v) is 4.93. The van der Waals surface area contributed by atoms with Crippen molar-refractivity contribution in [3.8, 4) is 0 Å². The molecule has 0 aliphatic rings. The number of hydrogen-bond acceptors (Lipinski definition) is 8. The first-order chi connectivity index (χ1) is 21.7. The lowest BCUT2D eigenvalue weighted by Crippen LogP contribution is -2.18. The van der Waals surface area contributed by atoms with E-state index in [0.717, 1.165) is 22.5 Å². The molecule has 0 atom stereocenters. The quantitative estimate of drug-likeness (QED) is 0.0829. The van der Waals surface area contributed by atoms with E-state index < -0.39 is 0 Å². The Hall–Kier alpha value is -3.50. The van der Waals surface area contributed by atoms with E-state index in [9.17, 15) is 9.59 Å².